The highest BCUT2D eigenvalue weighted by Crippen LogP contribution is 2.13. The highest BCUT2D eigenvalue weighted by molar-refractivity contribution is 5.79. The van der Waals surface area contributed by atoms with E-state index in [-0.39, 0.29) is 10.6 Å². The number of nitro benzene ring substituents is 1. The third-order valence-corrected chi connectivity index (χ3v) is 4.16. The number of rotatable bonds is 9. The van der Waals surface area contributed by atoms with Crippen molar-refractivity contribution in [2.24, 2.45) is 12.0 Å². The van der Waals surface area contributed by atoms with Crippen LogP contribution < -0.4 is 5.32 Å². The summed E-state index contributed by atoms with van der Waals surface area (Å²) >= 11 is 0. The molecule has 0 unspecified atom stereocenters. The third-order valence-electron chi connectivity index (χ3n) is 4.16. The van der Waals surface area contributed by atoms with Crippen LogP contribution in [-0.4, -0.2) is 45.7 Å². The van der Waals surface area contributed by atoms with E-state index in [0.717, 1.165) is 56.0 Å². The molecule has 1 aromatic carbocycles. The van der Waals surface area contributed by atoms with E-state index in [0.29, 0.717) is 0 Å². The minimum Gasteiger partial charge on any atom is -0.357 e. The van der Waals surface area contributed by atoms with E-state index in [1.54, 1.807) is 16.8 Å². The number of hydrogen-bond donors (Lipinski definition) is 1. The summed E-state index contributed by atoms with van der Waals surface area (Å²) in [4.78, 5) is 17.1. The Bertz CT molecular complexity index is 754. The zero-order valence-corrected chi connectivity index (χ0v) is 16.3. The van der Waals surface area contributed by atoms with Crippen molar-refractivity contribution in [2.45, 2.75) is 32.7 Å². The van der Waals surface area contributed by atoms with Gasteiger partial charge in [-0.05, 0) is 31.7 Å². The van der Waals surface area contributed by atoms with Crippen LogP contribution in [0.3, 0.4) is 0 Å². The van der Waals surface area contributed by atoms with Crippen LogP contribution in [0.4, 0.5) is 5.69 Å². The number of nitrogens with zero attached hydrogens (tertiary/aromatic N) is 5. The number of aliphatic imine (C=N–C) groups is 1. The fourth-order valence-electron chi connectivity index (χ4n) is 2.78. The second kappa shape index (κ2) is 10.3. The Morgan fingerprint density at radius 2 is 2.04 bits per heavy atom. The summed E-state index contributed by atoms with van der Waals surface area (Å²) < 4.78 is 1.80. The van der Waals surface area contributed by atoms with Gasteiger partial charge in [0.2, 0.25) is 0 Å². The van der Waals surface area contributed by atoms with Crippen LogP contribution in [0.15, 0.2) is 41.7 Å². The summed E-state index contributed by atoms with van der Waals surface area (Å²) in [5, 5.41) is 18.2. The molecular weight excluding hydrogens is 344 g/mol. The zero-order valence-electron chi connectivity index (χ0n) is 16.3. The largest absolute Gasteiger partial charge is 0.357 e. The molecule has 8 nitrogen and oxygen atoms in total. The summed E-state index contributed by atoms with van der Waals surface area (Å²) in [6, 6.07) is 6.77. The summed E-state index contributed by atoms with van der Waals surface area (Å²) in [5.74, 6) is 0.886. The van der Waals surface area contributed by atoms with Crippen LogP contribution in [-0.2, 0) is 20.0 Å². The number of guanidine groups is 1. The average molecular weight is 372 g/mol. The van der Waals surface area contributed by atoms with E-state index in [4.69, 9.17) is 4.99 Å². The Labute approximate surface area is 160 Å². The molecule has 0 bridgehead atoms. The lowest BCUT2D eigenvalue weighted by Crippen LogP contribution is -2.38. The number of benzene rings is 1. The molecule has 146 valence electrons. The molecule has 0 amide bonds. The van der Waals surface area contributed by atoms with Crippen molar-refractivity contribution in [1.29, 1.82) is 0 Å². The third kappa shape index (κ3) is 6.73. The molecule has 0 spiro atoms. The predicted molar refractivity (Wildman–Crippen MR) is 107 cm³/mol. The van der Waals surface area contributed by atoms with Crippen LogP contribution in [0.2, 0.25) is 0 Å². The van der Waals surface area contributed by atoms with E-state index < -0.39 is 0 Å². The summed E-state index contributed by atoms with van der Waals surface area (Å²) in [7, 11) is 3.93. The smallest absolute Gasteiger partial charge is 0.269 e. The molecule has 0 fully saturated rings. The molecule has 1 N–H and O–H groups in total. The van der Waals surface area contributed by atoms with Crippen molar-refractivity contribution in [3.63, 3.8) is 0 Å². The maximum absolute atomic E-state index is 10.7. The van der Waals surface area contributed by atoms with Crippen LogP contribution in [0.1, 0.15) is 30.9 Å². The molecule has 0 aliphatic heterocycles. The quantitative estimate of drug-likeness (QED) is 0.240. The van der Waals surface area contributed by atoms with E-state index in [9.17, 15) is 10.1 Å². The normalized spacial score (nSPS) is 11.4. The molecule has 1 aromatic heterocycles. The van der Waals surface area contributed by atoms with Gasteiger partial charge in [0, 0.05) is 57.6 Å². The molecule has 0 atom stereocenters. The van der Waals surface area contributed by atoms with Crippen molar-refractivity contribution in [2.75, 3.05) is 20.1 Å². The lowest BCUT2D eigenvalue weighted by molar-refractivity contribution is -0.384. The van der Waals surface area contributed by atoms with Gasteiger partial charge in [-0.1, -0.05) is 12.1 Å². The number of hydrogen-bond acceptors (Lipinski definition) is 4. The second-order valence-corrected chi connectivity index (χ2v) is 6.49. The first-order valence-corrected chi connectivity index (χ1v) is 9.20. The summed E-state index contributed by atoms with van der Waals surface area (Å²) in [6.45, 7) is 4.37. The van der Waals surface area contributed by atoms with Gasteiger partial charge in [-0.2, -0.15) is 5.10 Å². The molecular formula is C19H28N6O2. The van der Waals surface area contributed by atoms with Crippen molar-refractivity contribution in [1.82, 2.24) is 20.0 Å². The second-order valence-electron chi connectivity index (χ2n) is 6.49. The SMILES string of the molecule is CCNC(=NCCCCc1ccc([N+](=O)[O-])cc1)N(C)Cc1cnn(C)c1. The van der Waals surface area contributed by atoms with Crippen molar-refractivity contribution >= 4 is 11.6 Å². The molecule has 0 saturated heterocycles. The predicted octanol–water partition coefficient (Wildman–Crippen LogP) is 2.75. The Hall–Kier alpha value is -2.90. The number of nitro groups is 1. The minimum absolute atomic E-state index is 0.135. The number of aryl methyl sites for hydroxylation is 2. The van der Waals surface area contributed by atoms with Crippen LogP contribution in [0.25, 0.3) is 0 Å². The zero-order chi connectivity index (χ0) is 19.6. The van der Waals surface area contributed by atoms with Crippen LogP contribution >= 0.6 is 0 Å². The molecule has 2 rings (SSSR count). The summed E-state index contributed by atoms with van der Waals surface area (Å²) in [6.07, 6.45) is 6.73. The van der Waals surface area contributed by atoms with Gasteiger partial charge in [0.25, 0.3) is 5.69 Å². The lowest BCUT2D eigenvalue weighted by Gasteiger charge is -2.21. The van der Waals surface area contributed by atoms with Gasteiger partial charge in [-0.15, -0.1) is 0 Å². The van der Waals surface area contributed by atoms with Gasteiger partial charge in [0.1, 0.15) is 0 Å². The Kier molecular flexibility index (Phi) is 7.79. The van der Waals surface area contributed by atoms with E-state index in [2.05, 4.69) is 22.2 Å². The average Bonchev–Trinajstić information content (AvgIpc) is 3.05. The number of nitrogens with one attached hydrogen (secondary N) is 1. The fourth-order valence-corrected chi connectivity index (χ4v) is 2.78. The van der Waals surface area contributed by atoms with Crippen LogP contribution in [0.5, 0.6) is 0 Å². The topological polar surface area (TPSA) is 88.6 Å². The van der Waals surface area contributed by atoms with E-state index in [1.165, 1.54) is 0 Å². The Morgan fingerprint density at radius 3 is 2.63 bits per heavy atom. The van der Waals surface area contributed by atoms with Crippen LogP contribution in [0, 0.1) is 10.1 Å². The maximum atomic E-state index is 10.7. The van der Waals surface area contributed by atoms with Gasteiger partial charge in [-0.3, -0.25) is 19.8 Å². The summed E-state index contributed by atoms with van der Waals surface area (Å²) in [5.41, 5.74) is 2.39. The van der Waals surface area contributed by atoms with Gasteiger partial charge >= 0.3 is 0 Å². The molecule has 2 aromatic rings. The highest BCUT2D eigenvalue weighted by Gasteiger charge is 2.08. The van der Waals surface area contributed by atoms with Crippen molar-refractivity contribution in [3.05, 3.63) is 57.9 Å². The standard InChI is InChI=1S/C19H28N6O2/c1-4-20-19(23(2)14-17-13-22-24(3)15-17)21-12-6-5-7-16-8-10-18(11-9-16)25(26)27/h8-11,13,15H,4-7,12,14H2,1-3H3,(H,20,21). The number of unbranched alkanes of at least 4 members (excludes halogenated alkanes) is 1. The molecule has 0 aliphatic rings. The Morgan fingerprint density at radius 1 is 1.30 bits per heavy atom. The lowest BCUT2D eigenvalue weighted by atomic mass is 10.1. The number of aromatic nitrogens is 2. The van der Waals surface area contributed by atoms with E-state index in [1.807, 2.05) is 38.6 Å². The molecule has 0 saturated carbocycles. The molecule has 8 heteroatoms. The minimum atomic E-state index is -0.372. The van der Waals surface area contributed by atoms with Gasteiger partial charge in [-0.25, -0.2) is 0 Å². The van der Waals surface area contributed by atoms with Crippen molar-refractivity contribution in [3.8, 4) is 0 Å². The monoisotopic (exact) mass is 372 g/mol. The fraction of sp³-hybridized carbons (Fsp3) is 0.474. The molecule has 1 heterocycles. The first-order chi connectivity index (χ1) is 13.0. The van der Waals surface area contributed by atoms with E-state index >= 15 is 0 Å². The first-order valence-electron chi connectivity index (χ1n) is 9.20. The van der Waals surface area contributed by atoms with Gasteiger partial charge < -0.3 is 10.2 Å². The Balaban J connectivity index is 1.79. The molecule has 0 radical (unpaired) electrons. The molecule has 0 aliphatic carbocycles. The molecule has 27 heavy (non-hydrogen) atoms. The maximum Gasteiger partial charge on any atom is 0.269 e. The van der Waals surface area contributed by atoms with Gasteiger partial charge in [0.05, 0.1) is 11.1 Å². The first kappa shape index (κ1) is 20.4. The van der Waals surface area contributed by atoms with Gasteiger partial charge in [0.15, 0.2) is 5.96 Å². The number of non-ortho nitro benzene ring substituents is 1. The van der Waals surface area contributed by atoms with Crippen molar-refractivity contribution < 1.29 is 4.92 Å². The highest BCUT2D eigenvalue weighted by atomic mass is 16.6.